The third-order valence-electron chi connectivity index (χ3n) is 4.34. The number of hydrogen-bond donors (Lipinski definition) is 2. The number of carboxylic acids is 2. The highest BCUT2D eigenvalue weighted by molar-refractivity contribution is 5.93. The fourth-order valence-electron chi connectivity index (χ4n) is 3.02. The summed E-state index contributed by atoms with van der Waals surface area (Å²) in [5.74, 6) is -2.08. The van der Waals surface area contributed by atoms with Gasteiger partial charge in [-0.1, -0.05) is 12.1 Å². The number of hydrogen-bond acceptors (Lipinski definition) is 4. The molecule has 0 aliphatic heterocycles. The minimum absolute atomic E-state index is 0.138. The number of carbonyl (C=O) groups is 2. The zero-order chi connectivity index (χ0) is 19.7. The van der Waals surface area contributed by atoms with Gasteiger partial charge in [0.1, 0.15) is 0 Å². The maximum atomic E-state index is 11.4. The van der Waals surface area contributed by atoms with Crippen LogP contribution in [-0.2, 0) is 0 Å². The molecule has 138 valence electrons. The topological polar surface area (TPSA) is 110 Å². The van der Waals surface area contributed by atoms with Gasteiger partial charge in [0.05, 0.1) is 35.2 Å². The molecule has 2 heterocycles. The standard InChI is InChI=1S/C20H14N4O4/c25-19(26)13-1-3-15(17(9-13)23-7-5-21-11-23)16-4-2-14(20(27)28)10-18(16)24-8-6-22-12-24/h1-12H,(H,25,26)(H,27,28). The van der Waals surface area contributed by atoms with Crippen molar-refractivity contribution in [1.29, 1.82) is 0 Å². The van der Waals surface area contributed by atoms with Crippen LogP contribution in [0, 0.1) is 0 Å². The van der Waals surface area contributed by atoms with Crippen LogP contribution < -0.4 is 0 Å². The quantitative estimate of drug-likeness (QED) is 0.555. The molecular formula is C20H14N4O4. The fraction of sp³-hybridized carbons (Fsp3) is 0. The molecule has 0 bridgehead atoms. The Hall–Kier alpha value is -4.20. The lowest BCUT2D eigenvalue weighted by Crippen LogP contribution is -2.04. The normalized spacial score (nSPS) is 10.7. The van der Waals surface area contributed by atoms with E-state index >= 15 is 0 Å². The van der Waals surface area contributed by atoms with Gasteiger partial charge in [0.2, 0.25) is 0 Å². The largest absolute Gasteiger partial charge is 0.478 e. The third kappa shape index (κ3) is 3.03. The van der Waals surface area contributed by atoms with Crippen LogP contribution in [0.1, 0.15) is 20.7 Å². The van der Waals surface area contributed by atoms with E-state index in [2.05, 4.69) is 9.97 Å². The molecule has 0 unspecified atom stereocenters. The number of benzene rings is 2. The van der Waals surface area contributed by atoms with Gasteiger partial charge in [0, 0.05) is 35.9 Å². The Bertz CT molecular complexity index is 1070. The predicted octanol–water partition coefficient (Wildman–Crippen LogP) is 3.12. The van der Waals surface area contributed by atoms with Gasteiger partial charge in [-0.2, -0.15) is 0 Å². The molecule has 2 aromatic carbocycles. The van der Waals surface area contributed by atoms with Crippen LogP contribution in [0.4, 0.5) is 0 Å². The van der Waals surface area contributed by atoms with E-state index in [-0.39, 0.29) is 11.1 Å². The summed E-state index contributed by atoms with van der Waals surface area (Å²) in [6, 6.07) is 9.55. The van der Waals surface area contributed by atoms with Crippen LogP contribution in [0.2, 0.25) is 0 Å². The van der Waals surface area contributed by atoms with E-state index in [1.807, 2.05) is 0 Å². The highest BCUT2D eigenvalue weighted by atomic mass is 16.4. The number of rotatable bonds is 5. The van der Waals surface area contributed by atoms with Gasteiger partial charge in [-0.25, -0.2) is 19.6 Å². The van der Waals surface area contributed by atoms with E-state index in [9.17, 15) is 19.8 Å². The van der Waals surface area contributed by atoms with Gasteiger partial charge in [0.15, 0.2) is 0 Å². The maximum absolute atomic E-state index is 11.4. The number of aromatic nitrogens is 4. The molecule has 0 radical (unpaired) electrons. The number of aromatic carboxylic acids is 2. The van der Waals surface area contributed by atoms with Gasteiger partial charge in [-0.3, -0.25) is 0 Å². The van der Waals surface area contributed by atoms with Crippen molar-refractivity contribution < 1.29 is 19.8 Å². The molecule has 0 saturated heterocycles. The van der Waals surface area contributed by atoms with Crippen LogP contribution in [0.25, 0.3) is 22.5 Å². The van der Waals surface area contributed by atoms with Crippen LogP contribution in [0.5, 0.6) is 0 Å². The van der Waals surface area contributed by atoms with E-state index in [4.69, 9.17) is 0 Å². The first kappa shape index (κ1) is 17.2. The summed E-state index contributed by atoms with van der Waals surface area (Å²) >= 11 is 0. The monoisotopic (exact) mass is 374 g/mol. The molecule has 4 aromatic rings. The molecule has 8 nitrogen and oxygen atoms in total. The molecular weight excluding hydrogens is 360 g/mol. The minimum atomic E-state index is -1.04. The molecule has 0 aliphatic carbocycles. The maximum Gasteiger partial charge on any atom is 0.335 e. The molecule has 4 rings (SSSR count). The number of nitrogens with zero attached hydrogens (tertiary/aromatic N) is 4. The molecule has 2 N–H and O–H groups in total. The fourth-order valence-corrected chi connectivity index (χ4v) is 3.02. The van der Waals surface area contributed by atoms with Crippen LogP contribution in [-0.4, -0.2) is 41.3 Å². The first-order valence-electron chi connectivity index (χ1n) is 8.26. The Kier molecular flexibility index (Phi) is 4.21. The molecule has 2 aromatic heterocycles. The molecule has 28 heavy (non-hydrogen) atoms. The molecule has 8 heteroatoms. The first-order chi connectivity index (χ1) is 13.5. The van der Waals surface area contributed by atoms with Gasteiger partial charge in [-0.15, -0.1) is 0 Å². The van der Waals surface area contributed by atoms with E-state index in [0.29, 0.717) is 11.4 Å². The summed E-state index contributed by atoms with van der Waals surface area (Å²) in [5.41, 5.74) is 2.95. The Labute approximate surface area is 159 Å². The van der Waals surface area contributed by atoms with E-state index < -0.39 is 11.9 Å². The summed E-state index contributed by atoms with van der Waals surface area (Å²) in [4.78, 5) is 31.0. The highest BCUT2D eigenvalue weighted by Crippen LogP contribution is 2.33. The summed E-state index contributed by atoms with van der Waals surface area (Å²) in [6.45, 7) is 0. The lowest BCUT2D eigenvalue weighted by atomic mass is 9.97. The molecule has 0 aliphatic rings. The Morgan fingerprint density at radius 1 is 0.714 bits per heavy atom. The number of carboxylic acid groups (broad SMARTS) is 2. The van der Waals surface area contributed by atoms with Crippen molar-refractivity contribution in [2.24, 2.45) is 0 Å². The first-order valence-corrected chi connectivity index (χ1v) is 8.26. The Morgan fingerprint density at radius 2 is 1.14 bits per heavy atom. The lowest BCUT2D eigenvalue weighted by Gasteiger charge is -2.16. The summed E-state index contributed by atoms with van der Waals surface area (Å²) in [6.07, 6.45) is 9.78. The molecule has 0 amide bonds. The second-order valence-electron chi connectivity index (χ2n) is 6.01. The van der Waals surface area contributed by atoms with Crippen molar-refractivity contribution in [1.82, 2.24) is 19.1 Å². The average Bonchev–Trinajstić information content (AvgIpc) is 3.41. The van der Waals surface area contributed by atoms with Crippen molar-refractivity contribution in [3.8, 4) is 22.5 Å². The van der Waals surface area contributed by atoms with Crippen LogP contribution in [0.3, 0.4) is 0 Å². The molecule has 0 saturated carbocycles. The van der Waals surface area contributed by atoms with Crippen molar-refractivity contribution in [2.75, 3.05) is 0 Å². The summed E-state index contributed by atoms with van der Waals surface area (Å²) < 4.78 is 3.43. The second-order valence-corrected chi connectivity index (χ2v) is 6.01. The van der Waals surface area contributed by atoms with Gasteiger partial charge >= 0.3 is 11.9 Å². The molecule has 0 atom stereocenters. The predicted molar refractivity (Wildman–Crippen MR) is 100 cm³/mol. The van der Waals surface area contributed by atoms with Crippen molar-refractivity contribution in [3.63, 3.8) is 0 Å². The minimum Gasteiger partial charge on any atom is -0.478 e. The van der Waals surface area contributed by atoms with E-state index in [1.165, 1.54) is 12.1 Å². The van der Waals surface area contributed by atoms with Crippen molar-refractivity contribution in [2.45, 2.75) is 0 Å². The third-order valence-corrected chi connectivity index (χ3v) is 4.34. The zero-order valence-electron chi connectivity index (χ0n) is 14.4. The summed E-state index contributed by atoms with van der Waals surface area (Å²) in [5, 5.41) is 18.7. The smallest absolute Gasteiger partial charge is 0.335 e. The van der Waals surface area contributed by atoms with Crippen LogP contribution in [0.15, 0.2) is 73.8 Å². The highest BCUT2D eigenvalue weighted by Gasteiger charge is 2.17. The van der Waals surface area contributed by atoms with Crippen molar-refractivity contribution >= 4 is 11.9 Å². The Balaban J connectivity index is 1.99. The van der Waals surface area contributed by atoms with E-state index in [1.54, 1.807) is 70.8 Å². The SMILES string of the molecule is O=C(O)c1ccc(-c2ccc(C(=O)O)cc2-n2ccnc2)c(-n2ccnc2)c1. The zero-order valence-corrected chi connectivity index (χ0v) is 14.4. The van der Waals surface area contributed by atoms with Gasteiger partial charge < -0.3 is 19.3 Å². The van der Waals surface area contributed by atoms with Crippen LogP contribution >= 0.6 is 0 Å². The van der Waals surface area contributed by atoms with Gasteiger partial charge in [-0.05, 0) is 24.3 Å². The van der Waals surface area contributed by atoms with E-state index in [0.717, 1.165) is 11.1 Å². The lowest BCUT2D eigenvalue weighted by molar-refractivity contribution is 0.0686. The Morgan fingerprint density at radius 3 is 1.46 bits per heavy atom. The summed E-state index contributed by atoms with van der Waals surface area (Å²) in [7, 11) is 0. The second kappa shape index (κ2) is 6.84. The molecule has 0 spiro atoms. The van der Waals surface area contributed by atoms with Gasteiger partial charge in [0.25, 0.3) is 0 Å². The van der Waals surface area contributed by atoms with Crippen molar-refractivity contribution in [3.05, 3.63) is 85.0 Å². The average molecular weight is 374 g/mol. The number of imidazole rings is 2. The molecule has 0 fully saturated rings.